The molecule has 0 fully saturated rings. The molecule has 28 heavy (non-hydrogen) atoms. The van der Waals surface area contributed by atoms with E-state index >= 15 is 4.39 Å². The monoisotopic (exact) mass is 437 g/mol. The lowest BCUT2D eigenvalue weighted by atomic mass is 9.87. The highest BCUT2D eigenvalue weighted by molar-refractivity contribution is 9.10. The number of anilines is 1. The molecular formula is C24H21BrFNO. The third-order valence-corrected chi connectivity index (χ3v) is 5.83. The van der Waals surface area contributed by atoms with Crippen molar-refractivity contribution in [2.75, 3.05) is 11.4 Å². The van der Waals surface area contributed by atoms with Crippen molar-refractivity contribution in [3.8, 4) is 0 Å². The molecular weight excluding hydrogens is 417 g/mol. The molecule has 1 aliphatic heterocycles. The van der Waals surface area contributed by atoms with Gasteiger partial charge in [0.1, 0.15) is 0 Å². The van der Waals surface area contributed by atoms with Gasteiger partial charge in [0.05, 0.1) is 6.04 Å². The summed E-state index contributed by atoms with van der Waals surface area (Å²) in [5, 5.41) is 0. The number of rotatable bonds is 4. The molecule has 0 N–H and O–H groups in total. The summed E-state index contributed by atoms with van der Waals surface area (Å²) in [6.07, 6.45) is -0.824. The van der Waals surface area contributed by atoms with Crippen LogP contribution in [-0.2, 0) is 6.42 Å². The number of benzene rings is 3. The topological polar surface area (TPSA) is 20.3 Å². The minimum atomic E-state index is -1.66. The fourth-order valence-electron chi connectivity index (χ4n) is 3.88. The number of aryl methyl sites for hydroxylation is 1. The molecule has 0 amide bonds. The zero-order valence-corrected chi connectivity index (χ0v) is 17.2. The summed E-state index contributed by atoms with van der Waals surface area (Å²) in [7, 11) is 0. The number of fused-ring (bicyclic) bond motifs is 1. The molecule has 3 aromatic carbocycles. The summed E-state index contributed by atoms with van der Waals surface area (Å²) < 4.78 is 16.6. The molecule has 3 aromatic rings. The molecule has 0 saturated carbocycles. The van der Waals surface area contributed by atoms with Gasteiger partial charge in [0.25, 0.3) is 0 Å². The SMILES string of the molecule is Cc1ccc(N2CCc3ccccc3C2C(F)C(=O)c2cccc(Br)c2)cc1. The number of Topliss-reactive ketones (excluding diaryl/α,β-unsaturated/α-hetero) is 1. The van der Waals surface area contributed by atoms with Crippen LogP contribution in [0.1, 0.15) is 33.1 Å². The summed E-state index contributed by atoms with van der Waals surface area (Å²) >= 11 is 3.37. The second-order valence-corrected chi connectivity index (χ2v) is 8.11. The lowest BCUT2D eigenvalue weighted by Gasteiger charge is -2.40. The van der Waals surface area contributed by atoms with Gasteiger partial charge in [-0.3, -0.25) is 4.79 Å². The molecule has 0 saturated heterocycles. The van der Waals surface area contributed by atoms with Gasteiger partial charge in [-0.05, 0) is 48.7 Å². The average molecular weight is 438 g/mol. The number of carbonyl (C=O) groups excluding carboxylic acids is 1. The number of nitrogens with zero attached hydrogens (tertiary/aromatic N) is 1. The van der Waals surface area contributed by atoms with E-state index in [1.54, 1.807) is 18.2 Å². The van der Waals surface area contributed by atoms with Crippen LogP contribution in [0, 0.1) is 6.92 Å². The van der Waals surface area contributed by atoms with Crippen molar-refractivity contribution in [1.29, 1.82) is 0 Å². The van der Waals surface area contributed by atoms with E-state index in [0.717, 1.165) is 33.3 Å². The van der Waals surface area contributed by atoms with E-state index in [1.807, 2.05) is 66.4 Å². The van der Waals surface area contributed by atoms with E-state index in [-0.39, 0.29) is 0 Å². The Labute approximate surface area is 173 Å². The number of hydrogen-bond acceptors (Lipinski definition) is 2. The zero-order valence-electron chi connectivity index (χ0n) is 15.6. The minimum Gasteiger partial charge on any atom is -0.361 e. The first-order valence-electron chi connectivity index (χ1n) is 9.39. The second-order valence-electron chi connectivity index (χ2n) is 7.20. The van der Waals surface area contributed by atoms with Crippen LogP contribution in [0.15, 0.2) is 77.3 Å². The molecule has 142 valence electrons. The van der Waals surface area contributed by atoms with Gasteiger partial charge in [0, 0.05) is 22.3 Å². The van der Waals surface area contributed by atoms with Crippen LogP contribution >= 0.6 is 15.9 Å². The molecule has 0 aliphatic carbocycles. The van der Waals surface area contributed by atoms with Crippen molar-refractivity contribution in [3.63, 3.8) is 0 Å². The Hall–Kier alpha value is -2.46. The molecule has 2 atom stereocenters. The zero-order chi connectivity index (χ0) is 19.7. The molecule has 4 heteroatoms. The van der Waals surface area contributed by atoms with Crippen LogP contribution in [0.5, 0.6) is 0 Å². The number of alkyl halides is 1. The molecule has 0 bridgehead atoms. The van der Waals surface area contributed by atoms with Gasteiger partial charge in [0.2, 0.25) is 0 Å². The Kier molecular flexibility index (Phi) is 5.31. The Morgan fingerprint density at radius 2 is 1.82 bits per heavy atom. The van der Waals surface area contributed by atoms with E-state index in [4.69, 9.17) is 0 Å². The van der Waals surface area contributed by atoms with Gasteiger partial charge < -0.3 is 4.90 Å². The predicted octanol–water partition coefficient (Wildman–Crippen LogP) is 6.08. The van der Waals surface area contributed by atoms with Crippen molar-refractivity contribution in [2.24, 2.45) is 0 Å². The molecule has 1 heterocycles. The largest absolute Gasteiger partial charge is 0.361 e. The quantitative estimate of drug-likeness (QED) is 0.460. The average Bonchev–Trinajstić information content (AvgIpc) is 2.72. The summed E-state index contributed by atoms with van der Waals surface area (Å²) in [6, 6.07) is 22.2. The highest BCUT2D eigenvalue weighted by atomic mass is 79.9. The normalized spacial score (nSPS) is 17.1. The summed E-state index contributed by atoms with van der Waals surface area (Å²) in [4.78, 5) is 15.0. The van der Waals surface area contributed by atoms with E-state index in [9.17, 15) is 4.79 Å². The smallest absolute Gasteiger partial charge is 0.199 e. The number of carbonyl (C=O) groups is 1. The third-order valence-electron chi connectivity index (χ3n) is 5.33. The first-order valence-corrected chi connectivity index (χ1v) is 10.2. The Morgan fingerprint density at radius 1 is 1.07 bits per heavy atom. The summed E-state index contributed by atoms with van der Waals surface area (Å²) in [5.41, 5.74) is 4.48. The number of ketones is 1. The number of halogens is 2. The molecule has 0 spiro atoms. The molecule has 2 nitrogen and oxygen atoms in total. The maximum Gasteiger partial charge on any atom is 0.199 e. The van der Waals surface area contributed by atoms with Crippen molar-refractivity contribution in [3.05, 3.63) is 99.5 Å². The van der Waals surface area contributed by atoms with Crippen LogP contribution in [-0.4, -0.2) is 18.5 Å². The predicted molar refractivity (Wildman–Crippen MR) is 115 cm³/mol. The minimum absolute atomic E-state index is 0.383. The lowest BCUT2D eigenvalue weighted by molar-refractivity contribution is 0.0844. The van der Waals surface area contributed by atoms with Crippen LogP contribution in [0.4, 0.5) is 10.1 Å². The third kappa shape index (κ3) is 3.61. The van der Waals surface area contributed by atoms with E-state index in [2.05, 4.69) is 15.9 Å². The molecule has 4 rings (SSSR count). The van der Waals surface area contributed by atoms with Gasteiger partial charge in [-0.25, -0.2) is 4.39 Å². The van der Waals surface area contributed by atoms with E-state index < -0.39 is 18.0 Å². The van der Waals surface area contributed by atoms with Gasteiger partial charge in [-0.15, -0.1) is 0 Å². The number of hydrogen-bond donors (Lipinski definition) is 0. The first kappa shape index (κ1) is 18.9. The Bertz CT molecular complexity index is 1000. The van der Waals surface area contributed by atoms with Crippen LogP contribution < -0.4 is 4.90 Å². The maximum absolute atomic E-state index is 15.8. The van der Waals surface area contributed by atoms with Crippen LogP contribution in [0.25, 0.3) is 0 Å². The Balaban J connectivity index is 1.76. The maximum atomic E-state index is 15.8. The van der Waals surface area contributed by atoms with Gasteiger partial charge in [0.15, 0.2) is 12.0 Å². The van der Waals surface area contributed by atoms with Crippen molar-refractivity contribution >= 4 is 27.4 Å². The highest BCUT2D eigenvalue weighted by Gasteiger charge is 2.38. The molecule has 1 aliphatic rings. The highest BCUT2D eigenvalue weighted by Crippen LogP contribution is 2.38. The van der Waals surface area contributed by atoms with E-state index in [1.165, 1.54) is 0 Å². The van der Waals surface area contributed by atoms with Gasteiger partial charge in [-0.1, -0.05) is 70.0 Å². The molecule has 0 aromatic heterocycles. The van der Waals surface area contributed by atoms with Crippen molar-refractivity contribution < 1.29 is 9.18 Å². The lowest BCUT2D eigenvalue weighted by Crippen LogP contribution is -2.43. The molecule has 0 radical (unpaired) electrons. The summed E-state index contributed by atoms with van der Waals surface area (Å²) in [5.74, 6) is -0.486. The summed E-state index contributed by atoms with van der Waals surface area (Å²) in [6.45, 7) is 2.71. The van der Waals surface area contributed by atoms with Crippen molar-refractivity contribution in [1.82, 2.24) is 0 Å². The molecule has 2 unspecified atom stereocenters. The fraction of sp³-hybridized carbons (Fsp3) is 0.208. The van der Waals surface area contributed by atoms with Crippen LogP contribution in [0.3, 0.4) is 0 Å². The fourth-order valence-corrected chi connectivity index (χ4v) is 4.28. The first-order chi connectivity index (χ1) is 13.5. The van der Waals surface area contributed by atoms with E-state index in [0.29, 0.717) is 12.1 Å². The van der Waals surface area contributed by atoms with Gasteiger partial charge >= 0.3 is 0 Å². The second kappa shape index (κ2) is 7.88. The van der Waals surface area contributed by atoms with Crippen LogP contribution in [0.2, 0.25) is 0 Å². The van der Waals surface area contributed by atoms with Crippen molar-refractivity contribution in [2.45, 2.75) is 25.6 Å². The standard InChI is InChI=1S/C24H21BrFNO/c1-16-9-11-20(12-10-16)27-14-13-17-5-2-3-8-21(17)23(27)22(26)24(28)18-6-4-7-19(25)15-18/h2-12,15,22-23H,13-14H2,1H3. The Morgan fingerprint density at radius 3 is 2.57 bits per heavy atom. The van der Waals surface area contributed by atoms with Gasteiger partial charge in [-0.2, -0.15) is 0 Å².